The van der Waals surface area contributed by atoms with E-state index < -0.39 is 11.4 Å². The maximum absolute atomic E-state index is 12.5. The number of nitrogens with zero attached hydrogens (tertiary/aromatic N) is 1. The third kappa shape index (κ3) is 3.28. The number of amides is 1. The van der Waals surface area contributed by atoms with Crippen LogP contribution in [0, 0.1) is 5.41 Å². The van der Waals surface area contributed by atoms with E-state index in [1.807, 2.05) is 4.90 Å². The van der Waals surface area contributed by atoms with Gasteiger partial charge in [0.2, 0.25) is 5.91 Å². The van der Waals surface area contributed by atoms with Gasteiger partial charge in [0.05, 0.1) is 5.41 Å². The summed E-state index contributed by atoms with van der Waals surface area (Å²) in [5, 5.41) is 9.53. The molecule has 0 saturated heterocycles. The molecule has 2 saturated carbocycles. The van der Waals surface area contributed by atoms with Crippen LogP contribution < -0.4 is 0 Å². The van der Waals surface area contributed by atoms with Gasteiger partial charge in [-0.15, -0.1) is 0 Å². The second kappa shape index (κ2) is 5.93. The third-order valence-electron chi connectivity index (χ3n) is 4.53. The van der Waals surface area contributed by atoms with E-state index in [0.717, 1.165) is 45.1 Å². The quantitative estimate of drug-likeness (QED) is 0.805. The first kappa shape index (κ1) is 14.4. The van der Waals surface area contributed by atoms with Crippen molar-refractivity contribution in [3.05, 3.63) is 0 Å². The molecule has 0 radical (unpaired) electrons. The molecule has 19 heavy (non-hydrogen) atoms. The monoisotopic (exact) mass is 267 g/mol. The average molecular weight is 267 g/mol. The minimum atomic E-state index is -0.782. The summed E-state index contributed by atoms with van der Waals surface area (Å²) in [5.41, 5.74) is -0.782. The van der Waals surface area contributed by atoms with Crippen LogP contribution in [0.3, 0.4) is 0 Å². The maximum Gasteiger partial charge on any atom is 0.310 e. The van der Waals surface area contributed by atoms with Crippen molar-refractivity contribution < 1.29 is 14.7 Å². The van der Waals surface area contributed by atoms with Gasteiger partial charge in [0, 0.05) is 19.0 Å². The van der Waals surface area contributed by atoms with Crippen LogP contribution in [0.25, 0.3) is 0 Å². The Morgan fingerprint density at radius 2 is 1.84 bits per heavy atom. The molecule has 0 aromatic carbocycles. The molecule has 0 aromatic heterocycles. The fourth-order valence-electron chi connectivity index (χ4n) is 3.22. The first-order valence-electron chi connectivity index (χ1n) is 7.62. The highest BCUT2D eigenvalue weighted by molar-refractivity contribution is 5.85. The molecule has 2 aliphatic carbocycles. The van der Waals surface area contributed by atoms with E-state index in [-0.39, 0.29) is 12.3 Å². The highest BCUT2D eigenvalue weighted by atomic mass is 16.4. The normalized spacial score (nSPS) is 21.9. The number of carbonyl (C=O) groups excluding carboxylic acids is 1. The summed E-state index contributed by atoms with van der Waals surface area (Å²) in [6.45, 7) is 2.84. The largest absolute Gasteiger partial charge is 0.481 e. The fraction of sp³-hybridized carbons (Fsp3) is 0.867. The zero-order valence-corrected chi connectivity index (χ0v) is 11.9. The Morgan fingerprint density at radius 3 is 2.32 bits per heavy atom. The summed E-state index contributed by atoms with van der Waals surface area (Å²) < 4.78 is 0. The lowest BCUT2D eigenvalue weighted by atomic mass is 9.71. The van der Waals surface area contributed by atoms with E-state index in [2.05, 4.69) is 6.92 Å². The molecule has 4 heteroatoms. The molecule has 0 unspecified atom stereocenters. The number of carbonyl (C=O) groups is 2. The van der Waals surface area contributed by atoms with Gasteiger partial charge in [0.1, 0.15) is 0 Å². The van der Waals surface area contributed by atoms with Crippen molar-refractivity contribution in [1.82, 2.24) is 4.90 Å². The molecule has 0 spiro atoms. The van der Waals surface area contributed by atoms with Gasteiger partial charge in [-0.1, -0.05) is 26.2 Å². The molecule has 2 rings (SSSR count). The van der Waals surface area contributed by atoms with Crippen molar-refractivity contribution in [2.45, 2.75) is 70.8 Å². The molecule has 0 heterocycles. The van der Waals surface area contributed by atoms with Crippen LogP contribution in [0.2, 0.25) is 0 Å². The van der Waals surface area contributed by atoms with Gasteiger partial charge >= 0.3 is 5.97 Å². The Bertz CT molecular complexity index is 343. The Hall–Kier alpha value is -1.06. The molecular formula is C15H25NO3. The summed E-state index contributed by atoms with van der Waals surface area (Å²) in [6, 6.07) is 0.391. The molecule has 4 nitrogen and oxygen atoms in total. The Labute approximate surface area is 115 Å². The molecule has 108 valence electrons. The van der Waals surface area contributed by atoms with E-state index in [1.165, 1.54) is 0 Å². The van der Waals surface area contributed by atoms with E-state index in [4.69, 9.17) is 0 Å². The summed E-state index contributed by atoms with van der Waals surface area (Å²) in [4.78, 5) is 26.0. The Balaban J connectivity index is 2.03. The number of carboxylic acid groups (broad SMARTS) is 1. The molecule has 0 aromatic rings. The van der Waals surface area contributed by atoms with Gasteiger partial charge in [0.25, 0.3) is 0 Å². The number of carboxylic acids is 1. The van der Waals surface area contributed by atoms with Crippen LogP contribution in [0.15, 0.2) is 0 Å². The lowest BCUT2D eigenvalue weighted by Gasteiger charge is -2.34. The van der Waals surface area contributed by atoms with Gasteiger partial charge < -0.3 is 10.0 Å². The zero-order valence-electron chi connectivity index (χ0n) is 11.9. The van der Waals surface area contributed by atoms with Crippen LogP contribution in [-0.2, 0) is 9.59 Å². The summed E-state index contributed by atoms with van der Waals surface area (Å²) >= 11 is 0. The van der Waals surface area contributed by atoms with Crippen LogP contribution in [-0.4, -0.2) is 34.5 Å². The zero-order chi connectivity index (χ0) is 13.9. The first-order chi connectivity index (χ1) is 9.09. The molecule has 1 N–H and O–H groups in total. The van der Waals surface area contributed by atoms with Gasteiger partial charge in [-0.05, 0) is 32.1 Å². The summed E-state index contributed by atoms with van der Waals surface area (Å²) in [6.07, 6.45) is 7.65. The Kier molecular flexibility index (Phi) is 4.48. The van der Waals surface area contributed by atoms with E-state index in [1.54, 1.807) is 0 Å². The lowest BCUT2D eigenvalue weighted by molar-refractivity contribution is -0.156. The molecular weight excluding hydrogens is 242 g/mol. The molecule has 0 aliphatic heterocycles. The fourth-order valence-corrected chi connectivity index (χ4v) is 3.22. The number of hydrogen-bond donors (Lipinski definition) is 1. The van der Waals surface area contributed by atoms with Gasteiger partial charge in [-0.2, -0.15) is 0 Å². The third-order valence-corrected chi connectivity index (χ3v) is 4.53. The van der Waals surface area contributed by atoms with Crippen molar-refractivity contribution in [2.24, 2.45) is 5.41 Å². The van der Waals surface area contributed by atoms with Crippen molar-refractivity contribution in [1.29, 1.82) is 0 Å². The SMILES string of the molecule is CCCN(C(=O)CC1(C(=O)O)CCCCC1)C1CC1. The molecule has 2 fully saturated rings. The Morgan fingerprint density at radius 1 is 1.21 bits per heavy atom. The summed E-state index contributed by atoms with van der Waals surface area (Å²) in [5.74, 6) is -0.707. The topological polar surface area (TPSA) is 57.6 Å². The van der Waals surface area contributed by atoms with Crippen LogP contribution in [0.4, 0.5) is 0 Å². The predicted octanol–water partition coefficient (Wildman–Crippen LogP) is 2.81. The van der Waals surface area contributed by atoms with Crippen molar-refractivity contribution in [3.63, 3.8) is 0 Å². The highest BCUT2D eigenvalue weighted by Gasteiger charge is 2.43. The van der Waals surface area contributed by atoms with Crippen LogP contribution >= 0.6 is 0 Å². The van der Waals surface area contributed by atoms with Gasteiger partial charge in [-0.3, -0.25) is 9.59 Å². The van der Waals surface area contributed by atoms with E-state index in [9.17, 15) is 14.7 Å². The predicted molar refractivity (Wildman–Crippen MR) is 72.8 cm³/mol. The lowest BCUT2D eigenvalue weighted by Crippen LogP contribution is -2.42. The van der Waals surface area contributed by atoms with Crippen molar-refractivity contribution in [3.8, 4) is 0 Å². The minimum absolute atomic E-state index is 0.0636. The summed E-state index contributed by atoms with van der Waals surface area (Å²) in [7, 11) is 0. The van der Waals surface area contributed by atoms with E-state index in [0.29, 0.717) is 18.9 Å². The number of aliphatic carboxylic acids is 1. The van der Waals surface area contributed by atoms with Gasteiger partial charge in [0.15, 0.2) is 0 Å². The first-order valence-corrected chi connectivity index (χ1v) is 7.62. The molecule has 0 bridgehead atoms. The van der Waals surface area contributed by atoms with Crippen molar-refractivity contribution in [2.75, 3.05) is 6.54 Å². The molecule has 0 atom stereocenters. The van der Waals surface area contributed by atoms with Crippen LogP contribution in [0.1, 0.15) is 64.7 Å². The minimum Gasteiger partial charge on any atom is -0.481 e. The molecule has 2 aliphatic rings. The second-order valence-electron chi connectivity index (χ2n) is 6.14. The smallest absolute Gasteiger partial charge is 0.310 e. The van der Waals surface area contributed by atoms with Crippen molar-refractivity contribution >= 4 is 11.9 Å². The second-order valence-corrected chi connectivity index (χ2v) is 6.14. The van der Waals surface area contributed by atoms with Crippen LogP contribution in [0.5, 0.6) is 0 Å². The highest BCUT2D eigenvalue weighted by Crippen LogP contribution is 2.41. The maximum atomic E-state index is 12.5. The number of hydrogen-bond acceptors (Lipinski definition) is 2. The standard InChI is InChI=1S/C15H25NO3/c1-2-10-16(12-6-7-12)13(17)11-15(14(18)19)8-4-3-5-9-15/h12H,2-11H2,1H3,(H,18,19). The molecule has 1 amide bonds. The van der Waals surface area contributed by atoms with Gasteiger partial charge in [-0.25, -0.2) is 0 Å². The van der Waals surface area contributed by atoms with E-state index >= 15 is 0 Å². The number of rotatable bonds is 6. The average Bonchev–Trinajstić information content (AvgIpc) is 3.21.